The summed E-state index contributed by atoms with van der Waals surface area (Å²) in [6.45, 7) is 0.854. The molecule has 3 nitrogen and oxygen atoms in total. The van der Waals surface area contributed by atoms with Crippen molar-refractivity contribution in [2.45, 2.75) is 38.5 Å². The van der Waals surface area contributed by atoms with Gasteiger partial charge in [-0.1, -0.05) is 0 Å². The maximum Gasteiger partial charge on any atom is 0.254 e. The van der Waals surface area contributed by atoms with E-state index in [9.17, 15) is 4.79 Å². The molecule has 2 N–H and O–H groups in total. The Bertz CT molecular complexity index is 463. The van der Waals surface area contributed by atoms with Crippen LogP contribution in [-0.4, -0.2) is 19.5 Å². The van der Waals surface area contributed by atoms with Crippen molar-refractivity contribution >= 4 is 22.2 Å². The highest BCUT2D eigenvalue weighted by molar-refractivity contribution is 7.16. The van der Waals surface area contributed by atoms with Gasteiger partial charge in [-0.3, -0.25) is 4.79 Å². The van der Waals surface area contributed by atoms with Crippen LogP contribution in [0.25, 0.3) is 0 Å². The molecule has 2 aliphatic rings. The Kier molecular flexibility index (Phi) is 3.29. The molecule has 4 heteroatoms. The zero-order valence-electron chi connectivity index (χ0n) is 10.8. The van der Waals surface area contributed by atoms with Crippen molar-refractivity contribution in [1.29, 1.82) is 0 Å². The van der Waals surface area contributed by atoms with Crippen molar-refractivity contribution in [3.8, 4) is 0 Å². The number of hydrogen-bond donors (Lipinski definition) is 2. The predicted octanol–water partition coefficient (Wildman–Crippen LogP) is 2.81. The van der Waals surface area contributed by atoms with E-state index in [1.54, 1.807) is 11.3 Å². The zero-order chi connectivity index (χ0) is 12.5. The molecule has 1 fully saturated rings. The summed E-state index contributed by atoms with van der Waals surface area (Å²) < 4.78 is 0. The minimum atomic E-state index is 0.130. The Morgan fingerprint density at radius 2 is 2.11 bits per heavy atom. The summed E-state index contributed by atoms with van der Waals surface area (Å²) in [5, 5.41) is 7.35. The minimum Gasteiger partial charge on any atom is -0.379 e. The predicted molar refractivity (Wildman–Crippen MR) is 75.6 cm³/mol. The molecule has 1 heterocycles. The molecule has 1 amide bonds. The van der Waals surface area contributed by atoms with Crippen molar-refractivity contribution in [1.82, 2.24) is 5.32 Å². The molecule has 0 saturated heterocycles. The van der Waals surface area contributed by atoms with E-state index in [1.807, 2.05) is 7.05 Å². The number of hydrogen-bond acceptors (Lipinski definition) is 3. The van der Waals surface area contributed by atoms with Gasteiger partial charge in [-0.15, -0.1) is 11.3 Å². The van der Waals surface area contributed by atoms with E-state index in [1.165, 1.54) is 36.1 Å². The maximum atomic E-state index is 12.3. The van der Waals surface area contributed by atoms with E-state index in [4.69, 9.17) is 0 Å². The van der Waals surface area contributed by atoms with Gasteiger partial charge in [0.05, 0.1) is 5.56 Å². The van der Waals surface area contributed by atoms with Crippen LogP contribution in [-0.2, 0) is 12.8 Å². The summed E-state index contributed by atoms with van der Waals surface area (Å²) in [6.07, 6.45) is 7.25. The number of rotatable bonds is 4. The van der Waals surface area contributed by atoms with Crippen LogP contribution >= 0.6 is 11.3 Å². The molecule has 18 heavy (non-hydrogen) atoms. The van der Waals surface area contributed by atoms with Crippen molar-refractivity contribution in [2.75, 3.05) is 18.9 Å². The fraction of sp³-hybridized carbons (Fsp3) is 0.643. The highest BCUT2D eigenvalue weighted by Gasteiger charge is 2.27. The summed E-state index contributed by atoms with van der Waals surface area (Å²) in [4.78, 5) is 13.8. The smallest absolute Gasteiger partial charge is 0.254 e. The lowest BCUT2D eigenvalue weighted by Crippen LogP contribution is -2.27. The highest BCUT2D eigenvalue weighted by Crippen LogP contribution is 2.38. The van der Waals surface area contributed by atoms with E-state index in [0.717, 1.165) is 35.9 Å². The number of carbonyl (C=O) groups excluding carboxylic acids is 1. The summed E-state index contributed by atoms with van der Waals surface area (Å²) in [6, 6.07) is 0. The number of carbonyl (C=O) groups is 1. The molecular formula is C14H20N2OS. The van der Waals surface area contributed by atoms with Crippen LogP contribution in [0.3, 0.4) is 0 Å². The van der Waals surface area contributed by atoms with Crippen LogP contribution in [0.15, 0.2) is 0 Å². The Balaban J connectivity index is 1.83. The summed E-state index contributed by atoms with van der Waals surface area (Å²) >= 11 is 1.77. The molecule has 1 aromatic heterocycles. The van der Waals surface area contributed by atoms with Gasteiger partial charge < -0.3 is 10.6 Å². The van der Waals surface area contributed by atoms with Gasteiger partial charge in [0.1, 0.15) is 5.00 Å². The van der Waals surface area contributed by atoms with E-state index in [-0.39, 0.29) is 5.91 Å². The third kappa shape index (κ3) is 2.26. The van der Waals surface area contributed by atoms with E-state index >= 15 is 0 Å². The fourth-order valence-electron chi connectivity index (χ4n) is 2.63. The quantitative estimate of drug-likeness (QED) is 0.878. The molecular weight excluding hydrogens is 244 g/mol. The summed E-state index contributed by atoms with van der Waals surface area (Å²) in [5.74, 6) is 0.868. The van der Waals surface area contributed by atoms with Crippen molar-refractivity contribution in [2.24, 2.45) is 5.92 Å². The molecule has 2 aliphatic carbocycles. The van der Waals surface area contributed by atoms with Gasteiger partial charge in [0.2, 0.25) is 0 Å². The molecule has 0 aromatic carbocycles. The SMILES string of the molecule is CNc1sc2c(c1C(=O)NCC1CC1)CCCC2. The van der Waals surface area contributed by atoms with Gasteiger partial charge in [0.25, 0.3) is 5.91 Å². The molecule has 0 unspecified atom stereocenters. The monoisotopic (exact) mass is 264 g/mol. The number of amides is 1. The standard InChI is InChI=1S/C14H20N2OS/c1-15-14-12(13(17)16-8-9-6-7-9)10-4-2-3-5-11(10)18-14/h9,15H,2-8H2,1H3,(H,16,17). The Morgan fingerprint density at radius 3 is 2.83 bits per heavy atom. The molecule has 0 aliphatic heterocycles. The number of fused-ring (bicyclic) bond motifs is 1. The van der Waals surface area contributed by atoms with Crippen LogP contribution < -0.4 is 10.6 Å². The molecule has 1 saturated carbocycles. The van der Waals surface area contributed by atoms with Gasteiger partial charge in [0.15, 0.2) is 0 Å². The molecule has 0 bridgehead atoms. The average Bonchev–Trinajstić information content (AvgIpc) is 3.14. The molecule has 3 rings (SSSR count). The Labute approximate surface area is 112 Å². The van der Waals surface area contributed by atoms with Crippen LogP contribution in [0.5, 0.6) is 0 Å². The van der Waals surface area contributed by atoms with Gasteiger partial charge in [-0.25, -0.2) is 0 Å². The first-order valence-electron chi connectivity index (χ1n) is 6.90. The number of nitrogens with one attached hydrogen (secondary N) is 2. The van der Waals surface area contributed by atoms with Crippen LogP contribution in [0.2, 0.25) is 0 Å². The number of aryl methyl sites for hydroxylation is 1. The van der Waals surface area contributed by atoms with Crippen molar-refractivity contribution in [3.05, 3.63) is 16.0 Å². The third-order valence-corrected chi connectivity index (χ3v) is 5.18. The first-order valence-corrected chi connectivity index (χ1v) is 7.71. The third-order valence-electron chi connectivity index (χ3n) is 3.87. The molecule has 0 spiro atoms. The van der Waals surface area contributed by atoms with Gasteiger partial charge in [-0.05, 0) is 50.0 Å². The lowest BCUT2D eigenvalue weighted by Gasteiger charge is -2.13. The first kappa shape index (κ1) is 12.0. The minimum absolute atomic E-state index is 0.130. The zero-order valence-corrected chi connectivity index (χ0v) is 11.7. The average molecular weight is 264 g/mol. The first-order chi connectivity index (χ1) is 8.79. The topological polar surface area (TPSA) is 41.1 Å². The second-order valence-corrected chi connectivity index (χ2v) is 6.42. The Hall–Kier alpha value is -1.03. The second-order valence-electron chi connectivity index (χ2n) is 5.32. The van der Waals surface area contributed by atoms with E-state index < -0.39 is 0 Å². The van der Waals surface area contributed by atoms with Crippen molar-refractivity contribution < 1.29 is 4.79 Å². The van der Waals surface area contributed by atoms with Crippen LogP contribution in [0.4, 0.5) is 5.00 Å². The second kappa shape index (κ2) is 4.92. The fourth-order valence-corrected chi connectivity index (χ4v) is 3.87. The molecule has 0 radical (unpaired) electrons. The molecule has 98 valence electrons. The highest BCUT2D eigenvalue weighted by atomic mass is 32.1. The van der Waals surface area contributed by atoms with Gasteiger partial charge in [0, 0.05) is 18.5 Å². The largest absolute Gasteiger partial charge is 0.379 e. The van der Waals surface area contributed by atoms with Gasteiger partial charge >= 0.3 is 0 Å². The lowest BCUT2D eigenvalue weighted by atomic mass is 9.95. The van der Waals surface area contributed by atoms with E-state index in [0.29, 0.717) is 0 Å². The number of anilines is 1. The van der Waals surface area contributed by atoms with Crippen LogP contribution in [0, 0.1) is 5.92 Å². The van der Waals surface area contributed by atoms with E-state index in [2.05, 4.69) is 10.6 Å². The summed E-state index contributed by atoms with van der Waals surface area (Å²) in [5.41, 5.74) is 2.24. The summed E-state index contributed by atoms with van der Waals surface area (Å²) in [7, 11) is 1.91. The molecule has 1 aromatic rings. The normalized spacial score (nSPS) is 18.3. The number of thiophene rings is 1. The maximum absolute atomic E-state index is 12.3. The van der Waals surface area contributed by atoms with Crippen molar-refractivity contribution in [3.63, 3.8) is 0 Å². The van der Waals surface area contributed by atoms with Crippen LogP contribution in [0.1, 0.15) is 46.5 Å². The van der Waals surface area contributed by atoms with Gasteiger partial charge in [-0.2, -0.15) is 0 Å². The molecule has 0 atom stereocenters. The lowest BCUT2D eigenvalue weighted by molar-refractivity contribution is 0.0952. The Morgan fingerprint density at radius 1 is 1.33 bits per heavy atom.